The Kier molecular flexibility index (Phi) is 6.49. The molecule has 7 nitrogen and oxygen atoms in total. The van der Waals surface area contributed by atoms with Crippen LogP contribution in [0.3, 0.4) is 0 Å². The van der Waals surface area contributed by atoms with Gasteiger partial charge in [0.15, 0.2) is 0 Å². The van der Waals surface area contributed by atoms with Gasteiger partial charge in [-0.15, -0.1) is 11.3 Å². The van der Waals surface area contributed by atoms with Crippen molar-refractivity contribution in [3.05, 3.63) is 94.9 Å². The number of halogens is 2. The number of thiophene rings is 1. The number of nitriles is 1. The van der Waals surface area contributed by atoms with Crippen LogP contribution in [0.1, 0.15) is 27.7 Å². The van der Waals surface area contributed by atoms with Crippen molar-refractivity contribution in [2.45, 2.75) is 25.1 Å². The summed E-state index contributed by atoms with van der Waals surface area (Å²) in [5, 5.41) is 27.2. The van der Waals surface area contributed by atoms with Crippen LogP contribution in [0.2, 0.25) is 0 Å². The molecule has 2 N–H and O–H groups in total. The average molecular weight is 480 g/mol. The van der Waals surface area contributed by atoms with Gasteiger partial charge in [-0.25, -0.2) is 18.4 Å². The summed E-state index contributed by atoms with van der Waals surface area (Å²) in [6, 6.07) is 14.4. The highest BCUT2D eigenvalue weighted by Gasteiger charge is 2.40. The average Bonchev–Trinajstić information content (AvgIpc) is 3.51. The molecule has 172 valence electrons. The fourth-order valence-corrected chi connectivity index (χ4v) is 4.48. The van der Waals surface area contributed by atoms with Crippen LogP contribution in [0, 0.1) is 23.0 Å². The molecule has 0 fully saturated rings. The van der Waals surface area contributed by atoms with Crippen LogP contribution in [-0.4, -0.2) is 31.8 Å². The van der Waals surface area contributed by atoms with Crippen molar-refractivity contribution in [2.75, 3.05) is 0 Å². The van der Waals surface area contributed by atoms with Crippen LogP contribution < -0.4 is 5.32 Å². The van der Waals surface area contributed by atoms with Crippen LogP contribution in [0.25, 0.3) is 10.4 Å². The maximum atomic E-state index is 14.7. The van der Waals surface area contributed by atoms with Crippen LogP contribution >= 0.6 is 11.3 Å². The third-order valence-corrected chi connectivity index (χ3v) is 6.59. The maximum Gasteiger partial charge on any atom is 0.261 e. The SMILES string of the molecule is C[C@@H](NC(=O)c1ccc(-c2ccc(C#N)cc2)s1)[C@](O)(Cn1cncn1)c1ccc(F)cc1F. The summed E-state index contributed by atoms with van der Waals surface area (Å²) in [5.41, 5.74) is -0.741. The number of nitrogens with zero attached hydrogens (tertiary/aromatic N) is 4. The predicted octanol–water partition coefficient (Wildman–Crippen LogP) is 3.86. The summed E-state index contributed by atoms with van der Waals surface area (Å²) in [6.07, 6.45) is 2.62. The Labute approximate surface area is 197 Å². The van der Waals surface area contributed by atoms with Gasteiger partial charge in [-0.2, -0.15) is 10.4 Å². The lowest BCUT2D eigenvalue weighted by molar-refractivity contribution is -0.0185. The van der Waals surface area contributed by atoms with E-state index in [9.17, 15) is 18.7 Å². The van der Waals surface area contributed by atoms with E-state index in [0.29, 0.717) is 16.5 Å². The van der Waals surface area contributed by atoms with E-state index < -0.39 is 29.2 Å². The standard InChI is InChI=1S/C24H19F2N5O2S/c1-15(24(33,12-31-14-28-13-29-31)19-7-6-18(25)10-20(19)26)30-23(32)22-9-8-21(34-22)17-4-2-16(11-27)3-5-17/h2-10,13-15,33H,12H2,1H3,(H,30,32)/t15-,24-/m1/s1. The highest BCUT2D eigenvalue weighted by Crippen LogP contribution is 2.32. The second kappa shape index (κ2) is 9.51. The third kappa shape index (κ3) is 4.71. The molecule has 2 aromatic carbocycles. The highest BCUT2D eigenvalue weighted by atomic mass is 32.1. The number of hydrogen-bond acceptors (Lipinski definition) is 6. The number of benzene rings is 2. The fraction of sp³-hybridized carbons (Fsp3) is 0.167. The van der Waals surface area contributed by atoms with Gasteiger partial charge in [0.25, 0.3) is 5.91 Å². The number of aliphatic hydroxyl groups is 1. The Hall–Kier alpha value is -3.94. The zero-order chi connectivity index (χ0) is 24.3. The minimum Gasteiger partial charge on any atom is -0.381 e. The number of rotatable bonds is 7. The first kappa shape index (κ1) is 23.2. The predicted molar refractivity (Wildman–Crippen MR) is 122 cm³/mol. The van der Waals surface area contributed by atoms with E-state index in [1.165, 1.54) is 35.6 Å². The molecule has 10 heteroatoms. The van der Waals surface area contributed by atoms with Gasteiger partial charge in [0.1, 0.15) is 29.9 Å². The summed E-state index contributed by atoms with van der Waals surface area (Å²) >= 11 is 1.24. The van der Waals surface area contributed by atoms with Gasteiger partial charge in [0.05, 0.1) is 29.1 Å². The van der Waals surface area contributed by atoms with Crippen LogP contribution in [-0.2, 0) is 12.1 Å². The molecule has 0 aliphatic rings. The van der Waals surface area contributed by atoms with E-state index in [2.05, 4.69) is 21.5 Å². The number of carbonyl (C=O) groups excluding carboxylic acids is 1. The number of carbonyl (C=O) groups is 1. The third-order valence-electron chi connectivity index (χ3n) is 5.46. The number of aromatic nitrogens is 3. The van der Waals surface area contributed by atoms with Gasteiger partial charge in [-0.3, -0.25) is 4.79 Å². The molecule has 34 heavy (non-hydrogen) atoms. The quantitative estimate of drug-likeness (QED) is 0.419. The molecule has 0 spiro atoms. The number of nitrogens with one attached hydrogen (secondary N) is 1. The summed E-state index contributed by atoms with van der Waals surface area (Å²) in [6.45, 7) is 1.31. The number of amides is 1. The van der Waals surface area contributed by atoms with E-state index >= 15 is 0 Å². The first-order valence-corrected chi connectivity index (χ1v) is 11.0. The topological polar surface area (TPSA) is 104 Å². The van der Waals surface area contributed by atoms with Crippen LogP contribution in [0.4, 0.5) is 8.78 Å². The molecule has 0 saturated carbocycles. The minimum absolute atomic E-state index is 0.179. The summed E-state index contributed by atoms with van der Waals surface area (Å²) in [5.74, 6) is -2.19. The Morgan fingerprint density at radius 3 is 2.65 bits per heavy atom. The molecule has 2 aromatic heterocycles. The Balaban J connectivity index is 1.59. The molecule has 4 aromatic rings. The summed E-state index contributed by atoms with van der Waals surface area (Å²) < 4.78 is 29.5. The van der Waals surface area contributed by atoms with Crippen molar-refractivity contribution in [1.29, 1.82) is 5.26 Å². The minimum atomic E-state index is -1.95. The van der Waals surface area contributed by atoms with E-state index in [1.54, 1.807) is 36.4 Å². The lowest BCUT2D eigenvalue weighted by Gasteiger charge is -2.35. The Morgan fingerprint density at radius 1 is 1.24 bits per heavy atom. The van der Waals surface area contributed by atoms with Crippen LogP contribution in [0.15, 0.2) is 67.3 Å². The first-order chi connectivity index (χ1) is 16.3. The summed E-state index contributed by atoms with van der Waals surface area (Å²) in [7, 11) is 0. The molecule has 0 aliphatic heterocycles. The second-order valence-electron chi connectivity index (χ2n) is 7.69. The fourth-order valence-electron chi connectivity index (χ4n) is 3.57. The Bertz CT molecular complexity index is 1350. The zero-order valence-corrected chi connectivity index (χ0v) is 18.8. The lowest BCUT2D eigenvalue weighted by atomic mass is 9.86. The van der Waals surface area contributed by atoms with Gasteiger partial charge < -0.3 is 10.4 Å². The maximum absolute atomic E-state index is 14.7. The summed E-state index contributed by atoms with van der Waals surface area (Å²) in [4.78, 5) is 18.0. The van der Waals surface area contributed by atoms with E-state index in [0.717, 1.165) is 22.6 Å². The smallest absolute Gasteiger partial charge is 0.261 e. The highest BCUT2D eigenvalue weighted by molar-refractivity contribution is 7.17. The van der Waals surface area contributed by atoms with Crippen molar-refractivity contribution in [3.8, 4) is 16.5 Å². The molecule has 0 aliphatic carbocycles. The van der Waals surface area contributed by atoms with Gasteiger partial charge >= 0.3 is 0 Å². The van der Waals surface area contributed by atoms with Gasteiger partial charge in [0.2, 0.25) is 0 Å². The van der Waals surface area contributed by atoms with E-state index in [1.807, 2.05) is 0 Å². The monoisotopic (exact) mass is 479 g/mol. The van der Waals surface area contributed by atoms with Crippen molar-refractivity contribution >= 4 is 17.2 Å². The van der Waals surface area contributed by atoms with Crippen molar-refractivity contribution in [1.82, 2.24) is 20.1 Å². The Morgan fingerprint density at radius 2 is 2.00 bits per heavy atom. The molecule has 0 unspecified atom stereocenters. The number of hydrogen-bond donors (Lipinski definition) is 2. The lowest BCUT2D eigenvalue weighted by Crippen LogP contribution is -2.51. The molecule has 0 bridgehead atoms. The molecule has 2 heterocycles. The van der Waals surface area contributed by atoms with Gasteiger partial charge in [-0.05, 0) is 42.8 Å². The van der Waals surface area contributed by atoms with E-state index in [4.69, 9.17) is 5.26 Å². The molecular weight excluding hydrogens is 460 g/mol. The molecule has 2 atom stereocenters. The van der Waals surface area contributed by atoms with E-state index in [-0.39, 0.29) is 12.1 Å². The molecular formula is C24H19F2N5O2S. The molecule has 0 radical (unpaired) electrons. The largest absolute Gasteiger partial charge is 0.381 e. The van der Waals surface area contributed by atoms with Crippen molar-refractivity contribution in [2.24, 2.45) is 0 Å². The van der Waals surface area contributed by atoms with Gasteiger partial charge in [-0.1, -0.05) is 18.2 Å². The van der Waals surface area contributed by atoms with Crippen molar-refractivity contribution in [3.63, 3.8) is 0 Å². The van der Waals surface area contributed by atoms with Gasteiger partial charge in [0, 0.05) is 16.5 Å². The zero-order valence-electron chi connectivity index (χ0n) is 17.9. The van der Waals surface area contributed by atoms with Crippen LogP contribution in [0.5, 0.6) is 0 Å². The second-order valence-corrected chi connectivity index (χ2v) is 8.77. The molecule has 0 saturated heterocycles. The first-order valence-electron chi connectivity index (χ1n) is 10.2. The molecule has 4 rings (SSSR count). The van der Waals surface area contributed by atoms with Crippen molar-refractivity contribution < 1.29 is 18.7 Å². The molecule has 1 amide bonds. The normalized spacial score (nSPS) is 13.6.